The smallest absolute Gasteiger partial charge is 0.407 e. The van der Waals surface area contributed by atoms with Crippen molar-refractivity contribution in [2.45, 2.75) is 69.0 Å². The Morgan fingerprint density at radius 1 is 1.09 bits per heavy atom. The summed E-state index contributed by atoms with van der Waals surface area (Å²) in [5, 5.41) is 14.4. The molecule has 0 saturated carbocycles. The number of carbonyl (C=O) groups excluding carboxylic acids is 2. The van der Waals surface area contributed by atoms with Crippen LogP contribution in [0.3, 0.4) is 0 Å². The van der Waals surface area contributed by atoms with Gasteiger partial charge in [0.1, 0.15) is 11.9 Å². The molecule has 3 aliphatic heterocycles. The van der Waals surface area contributed by atoms with E-state index in [0.717, 1.165) is 5.56 Å². The predicted octanol–water partition coefficient (Wildman–Crippen LogP) is 2.17. The molecule has 2 saturated heterocycles. The lowest BCUT2D eigenvalue weighted by Gasteiger charge is -2.31. The third kappa shape index (κ3) is 9.05. The lowest BCUT2D eigenvalue weighted by Crippen LogP contribution is -2.51. The van der Waals surface area contributed by atoms with Crippen LogP contribution in [0.5, 0.6) is 17.2 Å². The SMILES string of the molecule is CC(C)CN(C[C@@H](O)[C@H](Cc1ccc(OCCCC(N)=O)cc1)NC(=O)O[C@@H]1CO[C@H]2OCC[C@H]21)S(=O)(=O)c1ccc2c(c1)OCO2. The topological polar surface area (TPSA) is 185 Å². The number of rotatable bonds is 16. The van der Waals surface area contributed by atoms with Crippen LogP contribution in [0.2, 0.25) is 0 Å². The fraction of sp³-hybridized carbons (Fsp3) is 0.562. The van der Waals surface area contributed by atoms with E-state index < -0.39 is 46.6 Å². The normalized spacial score (nSPS) is 21.4. The molecular weight excluding hydrogens is 634 g/mol. The minimum Gasteiger partial charge on any atom is -0.494 e. The number of primary amides is 1. The summed E-state index contributed by atoms with van der Waals surface area (Å²) in [6, 6.07) is 10.5. The Kier molecular flexibility index (Phi) is 11.5. The molecule has 3 heterocycles. The number of nitrogens with one attached hydrogen (secondary N) is 1. The largest absolute Gasteiger partial charge is 0.494 e. The van der Waals surface area contributed by atoms with Crippen LogP contribution in [0.4, 0.5) is 4.79 Å². The first-order valence-corrected chi connectivity index (χ1v) is 17.2. The quantitative estimate of drug-likeness (QED) is 0.221. The number of hydrogen-bond acceptors (Lipinski definition) is 11. The molecule has 5 atom stereocenters. The second-order valence-corrected chi connectivity index (χ2v) is 14.2. The summed E-state index contributed by atoms with van der Waals surface area (Å²) in [5.41, 5.74) is 5.93. The number of amides is 2. The van der Waals surface area contributed by atoms with Crippen molar-refractivity contribution in [3.05, 3.63) is 48.0 Å². The summed E-state index contributed by atoms with van der Waals surface area (Å²) in [6.07, 6.45) is -1.41. The van der Waals surface area contributed by atoms with Crippen molar-refractivity contribution in [1.82, 2.24) is 9.62 Å². The van der Waals surface area contributed by atoms with E-state index in [9.17, 15) is 23.1 Å². The fourth-order valence-electron chi connectivity index (χ4n) is 5.77. The number of aliphatic hydroxyl groups excluding tert-OH is 1. The van der Waals surface area contributed by atoms with Gasteiger partial charge in [-0.05, 0) is 55.0 Å². The number of ether oxygens (including phenoxy) is 6. The van der Waals surface area contributed by atoms with Gasteiger partial charge in [0, 0.05) is 25.6 Å². The molecule has 5 rings (SSSR count). The summed E-state index contributed by atoms with van der Waals surface area (Å²) in [6.45, 7) is 4.62. The van der Waals surface area contributed by atoms with E-state index >= 15 is 0 Å². The summed E-state index contributed by atoms with van der Waals surface area (Å²) in [5.74, 6) is 0.814. The van der Waals surface area contributed by atoms with Crippen LogP contribution in [0.15, 0.2) is 47.4 Å². The zero-order valence-corrected chi connectivity index (χ0v) is 27.4. The Morgan fingerprint density at radius 2 is 1.85 bits per heavy atom. The Hall–Kier alpha value is -3.63. The van der Waals surface area contributed by atoms with Crippen LogP contribution in [0, 0.1) is 11.8 Å². The van der Waals surface area contributed by atoms with E-state index in [-0.39, 0.29) is 56.1 Å². The zero-order chi connectivity index (χ0) is 33.6. The Morgan fingerprint density at radius 3 is 2.60 bits per heavy atom. The van der Waals surface area contributed by atoms with Gasteiger partial charge in [-0.3, -0.25) is 4.79 Å². The Bertz CT molecular complexity index is 1490. The molecule has 15 heteroatoms. The number of nitrogens with two attached hydrogens (primary N) is 1. The van der Waals surface area contributed by atoms with E-state index in [0.29, 0.717) is 43.3 Å². The molecule has 2 fully saturated rings. The predicted molar refractivity (Wildman–Crippen MR) is 167 cm³/mol. The van der Waals surface area contributed by atoms with Crippen LogP contribution in [-0.2, 0) is 35.4 Å². The fourth-order valence-corrected chi connectivity index (χ4v) is 7.40. The minimum absolute atomic E-state index is 0.000457. The molecule has 0 unspecified atom stereocenters. The average Bonchev–Trinajstić information content (AvgIpc) is 3.78. The Balaban J connectivity index is 1.31. The van der Waals surface area contributed by atoms with Gasteiger partial charge in [0.05, 0.1) is 42.8 Å². The van der Waals surface area contributed by atoms with Crippen molar-refractivity contribution in [1.29, 1.82) is 0 Å². The van der Waals surface area contributed by atoms with Gasteiger partial charge in [-0.2, -0.15) is 4.31 Å². The number of alkyl carbamates (subject to hydrolysis) is 1. The van der Waals surface area contributed by atoms with E-state index in [1.807, 2.05) is 13.8 Å². The molecule has 258 valence electrons. The van der Waals surface area contributed by atoms with Gasteiger partial charge in [-0.1, -0.05) is 26.0 Å². The molecule has 0 aromatic heterocycles. The average molecular weight is 678 g/mol. The first-order valence-electron chi connectivity index (χ1n) is 15.8. The summed E-state index contributed by atoms with van der Waals surface area (Å²) in [4.78, 5) is 24.2. The Labute approximate surface area is 274 Å². The van der Waals surface area contributed by atoms with Gasteiger partial charge in [-0.15, -0.1) is 0 Å². The molecule has 2 aromatic carbocycles. The van der Waals surface area contributed by atoms with E-state index in [2.05, 4.69) is 5.32 Å². The highest BCUT2D eigenvalue weighted by Gasteiger charge is 2.44. The van der Waals surface area contributed by atoms with Crippen molar-refractivity contribution < 1.29 is 51.5 Å². The maximum atomic E-state index is 13.9. The first-order chi connectivity index (χ1) is 22.5. The highest BCUT2D eigenvalue weighted by atomic mass is 32.2. The molecule has 0 aliphatic carbocycles. The van der Waals surface area contributed by atoms with Gasteiger partial charge >= 0.3 is 6.09 Å². The monoisotopic (exact) mass is 677 g/mol. The zero-order valence-electron chi connectivity index (χ0n) is 26.5. The number of aliphatic hydroxyl groups is 1. The van der Waals surface area contributed by atoms with Gasteiger partial charge in [-0.25, -0.2) is 13.2 Å². The molecule has 3 aliphatic rings. The number of nitrogens with zero attached hydrogens (tertiary/aromatic N) is 1. The van der Waals surface area contributed by atoms with Gasteiger partial charge in [0.2, 0.25) is 22.7 Å². The number of benzene rings is 2. The van der Waals surface area contributed by atoms with Crippen LogP contribution in [0.1, 0.15) is 38.7 Å². The molecule has 0 spiro atoms. The lowest BCUT2D eigenvalue weighted by atomic mass is 10.0. The number of sulfonamides is 1. The number of hydrogen-bond donors (Lipinski definition) is 3. The van der Waals surface area contributed by atoms with Gasteiger partial charge in [0.25, 0.3) is 0 Å². The number of fused-ring (bicyclic) bond motifs is 2. The van der Waals surface area contributed by atoms with Crippen molar-refractivity contribution >= 4 is 22.0 Å². The highest BCUT2D eigenvalue weighted by Crippen LogP contribution is 2.35. The van der Waals surface area contributed by atoms with Crippen LogP contribution in [-0.4, -0.2) is 94.1 Å². The maximum absolute atomic E-state index is 13.9. The third-order valence-electron chi connectivity index (χ3n) is 8.17. The molecular formula is C32H43N3O11S. The van der Waals surface area contributed by atoms with Crippen molar-refractivity contribution in [2.75, 3.05) is 39.7 Å². The maximum Gasteiger partial charge on any atom is 0.407 e. The molecule has 0 bridgehead atoms. The van der Waals surface area contributed by atoms with Crippen molar-refractivity contribution in [3.8, 4) is 17.2 Å². The third-order valence-corrected chi connectivity index (χ3v) is 10.00. The van der Waals surface area contributed by atoms with Crippen LogP contribution in [0.25, 0.3) is 0 Å². The molecule has 2 aromatic rings. The molecule has 4 N–H and O–H groups in total. The summed E-state index contributed by atoms with van der Waals surface area (Å²) >= 11 is 0. The van der Waals surface area contributed by atoms with Crippen molar-refractivity contribution in [2.24, 2.45) is 17.6 Å². The summed E-state index contributed by atoms with van der Waals surface area (Å²) in [7, 11) is -4.08. The molecule has 0 radical (unpaired) electrons. The second-order valence-electron chi connectivity index (χ2n) is 12.3. The summed E-state index contributed by atoms with van der Waals surface area (Å²) < 4.78 is 62.2. The van der Waals surface area contributed by atoms with Crippen molar-refractivity contribution in [3.63, 3.8) is 0 Å². The van der Waals surface area contributed by atoms with Crippen LogP contribution < -0.4 is 25.3 Å². The first kappa shape index (κ1) is 34.7. The lowest BCUT2D eigenvalue weighted by molar-refractivity contribution is -0.118. The van der Waals surface area contributed by atoms with Gasteiger partial charge in [0.15, 0.2) is 17.8 Å². The number of carbonyl (C=O) groups is 2. The molecule has 47 heavy (non-hydrogen) atoms. The standard InChI is InChI=1S/C32H43N3O11S/c1-20(2)16-35(47(39,40)23-9-10-27-28(15-23)45-19-44-27)17-26(36)25(34-32(38)46-29-18-43-31-24(29)11-13-42-31)14-21-5-7-22(8-6-21)41-12-3-4-30(33)37/h5-10,15,20,24-26,29,31,36H,3-4,11-14,16-19H2,1-2H3,(H2,33,37)(H,34,38)/t24-,25-,26+,29+,31+/m0/s1. The van der Waals surface area contributed by atoms with E-state index in [1.165, 1.54) is 22.5 Å². The van der Waals surface area contributed by atoms with Crippen LogP contribution >= 0.6 is 0 Å². The second kappa shape index (κ2) is 15.5. The van der Waals surface area contributed by atoms with Gasteiger partial charge < -0.3 is 44.6 Å². The molecule has 14 nitrogen and oxygen atoms in total. The van der Waals surface area contributed by atoms with E-state index in [1.54, 1.807) is 24.3 Å². The van der Waals surface area contributed by atoms with E-state index in [4.69, 9.17) is 34.2 Å². The molecule has 2 amide bonds. The minimum atomic E-state index is -4.08. The highest BCUT2D eigenvalue weighted by molar-refractivity contribution is 7.89.